The molecule has 1 aliphatic rings. The number of anilines is 2. The van der Waals surface area contributed by atoms with Gasteiger partial charge in [0.05, 0.1) is 0 Å². The normalized spacial score (nSPS) is 16.4. The molecule has 0 spiro atoms. The van der Waals surface area contributed by atoms with Crippen LogP contribution in [0.25, 0.3) is 0 Å². The van der Waals surface area contributed by atoms with E-state index >= 15 is 0 Å². The summed E-state index contributed by atoms with van der Waals surface area (Å²) in [4.78, 5) is 13.7. The first-order chi connectivity index (χ1) is 10.6. The molecule has 0 aliphatic carbocycles. The van der Waals surface area contributed by atoms with E-state index in [0.717, 1.165) is 12.1 Å². The lowest BCUT2D eigenvalue weighted by molar-refractivity contribution is -0.117. The summed E-state index contributed by atoms with van der Waals surface area (Å²) in [7, 11) is 0. The van der Waals surface area contributed by atoms with Gasteiger partial charge in [-0.05, 0) is 31.5 Å². The molecule has 6 nitrogen and oxygen atoms in total. The van der Waals surface area contributed by atoms with Gasteiger partial charge in [0.2, 0.25) is 5.91 Å². The van der Waals surface area contributed by atoms with Gasteiger partial charge in [-0.3, -0.25) is 4.79 Å². The summed E-state index contributed by atoms with van der Waals surface area (Å²) in [6.07, 6.45) is 1.34. The average Bonchev–Trinajstić information content (AvgIpc) is 2.86. The lowest BCUT2D eigenvalue weighted by Crippen LogP contribution is -2.30. The number of hydrogen-bond acceptors (Lipinski definition) is 5. The van der Waals surface area contributed by atoms with E-state index in [-0.39, 0.29) is 23.2 Å². The maximum atomic E-state index is 11.9. The van der Waals surface area contributed by atoms with E-state index in [1.54, 1.807) is 41.3 Å². The minimum atomic E-state index is -0.279. The molecule has 1 aromatic carbocycles. The summed E-state index contributed by atoms with van der Waals surface area (Å²) in [5, 5.41) is 29.5. The van der Waals surface area contributed by atoms with Crippen molar-refractivity contribution in [3.63, 3.8) is 0 Å². The molecule has 22 heavy (non-hydrogen) atoms. The van der Waals surface area contributed by atoms with E-state index in [1.807, 2.05) is 13.0 Å². The molecular formula is C16H13N5O. The van der Waals surface area contributed by atoms with Gasteiger partial charge in [0, 0.05) is 23.8 Å². The van der Waals surface area contributed by atoms with Crippen LogP contribution in [0.1, 0.15) is 19.8 Å². The monoisotopic (exact) mass is 291 g/mol. The molecule has 1 amide bonds. The Bertz CT molecular complexity index is 744. The van der Waals surface area contributed by atoms with Crippen LogP contribution in [-0.4, -0.2) is 11.9 Å². The number of benzene rings is 1. The number of rotatable bonds is 3. The van der Waals surface area contributed by atoms with Gasteiger partial charge >= 0.3 is 0 Å². The SMILES string of the molecule is CC1CCC(=O)N1c1cccc(NC(C#N)=C(C#N)C#N)c1. The molecule has 0 radical (unpaired) electrons. The van der Waals surface area contributed by atoms with Gasteiger partial charge in [-0.25, -0.2) is 0 Å². The zero-order chi connectivity index (χ0) is 16.1. The van der Waals surface area contributed by atoms with E-state index in [2.05, 4.69) is 5.32 Å². The Hall–Kier alpha value is -3.30. The van der Waals surface area contributed by atoms with Crippen molar-refractivity contribution in [2.45, 2.75) is 25.8 Å². The van der Waals surface area contributed by atoms with E-state index in [9.17, 15) is 4.79 Å². The van der Waals surface area contributed by atoms with Crippen molar-refractivity contribution in [3.05, 3.63) is 35.5 Å². The van der Waals surface area contributed by atoms with E-state index in [1.165, 1.54) is 0 Å². The van der Waals surface area contributed by atoms with Crippen molar-refractivity contribution in [1.29, 1.82) is 15.8 Å². The molecule has 1 atom stereocenters. The Labute approximate surface area is 128 Å². The smallest absolute Gasteiger partial charge is 0.227 e. The van der Waals surface area contributed by atoms with Gasteiger partial charge in [0.25, 0.3) is 0 Å². The Balaban J connectivity index is 2.33. The Morgan fingerprint density at radius 3 is 2.55 bits per heavy atom. The molecule has 1 N–H and O–H groups in total. The molecule has 1 heterocycles. The number of nitriles is 3. The van der Waals surface area contributed by atoms with E-state index in [4.69, 9.17) is 15.8 Å². The molecule has 0 aromatic heterocycles. The van der Waals surface area contributed by atoms with Gasteiger partial charge in [-0.15, -0.1) is 0 Å². The highest BCUT2D eigenvalue weighted by atomic mass is 16.2. The molecule has 2 rings (SSSR count). The highest BCUT2D eigenvalue weighted by molar-refractivity contribution is 5.96. The predicted octanol–water partition coefficient (Wildman–Crippen LogP) is 2.44. The molecule has 1 unspecified atom stereocenters. The molecule has 1 fully saturated rings. The van der Waals surface area contributed by atoms with Crippen molar-refractivity contribution in [3.8, 4) is 18.2 Å². The van der Waals surface area contributed by atoms with Crippen LogP contribution < -0.4 is 10.2 Å². The Morgan fingerprint density at radius 1 is 1.27 bits per heavy atom. The summed E-state index contributed by atoms with van der Waals surface area (Å²) >= 11 is 0. The number of carbonyl (C=O) groups excluding carboxylic acids is 1. The molecule has 1 aliphatic heterocycles. The molecule has 0 bridgehead atoms. The summed E-state index contributed by atoms with van der Waals surface area (Å²) < 4.78 is 0. The predicted molar refractivity (Wildman–Crippen MR) is 80.1 cm³/mol. The third-order valence-electron chi connectivity index (χ3n) is 3.46. The van der Waals surface area contributed by atoms with Crippen molar-refractivity contribution >= 4 is 17.3 Å². The fraction of sp³-hybridized carbons (Fsp3) is 0.250. The van der Waals surface area contributed by atoms with Gasteiger partial charge in [0.15, 0.2) is 5.57 Å². The maximum absolute atomic E-state index is 11.9. The molecule has 1 aromatic rings. The topological polar surface area (TPSA) is 104 Å². The third-order valence-corrected chi connectivity index (χ3v) is 3.46. The Kier molecular flexibility index (Phi) is 4.41. The van der Waals surface area contributed by atoms with E-state index < -0.39 is 0 Å². The average molecular weight is 291 g/mol. The minimum Gasteiger partial charge on any atom is -0.345 e. The zero-order valence-electron chi connectivity index (χ0n) is 12.0. The van der Waals surface area contributed by atoms with Crippen LogP contribution in [0.2, 0.25) is 0 Å². The molecular weight excluding hydrogens is 278 g/mol. The number of carbonyl (C=O) groups is 1. The summed E-state index contributed by atoms with van der Waals surface area (Å²) in [5.41, 5.74) is 0.887. The summed E-state index contributed by atoms with van der Waals surface area (Å²) in [5.74, 6) is 0.0652. The fourth-order valence-corrected chi connectivity index (χ4v) is 2.39. The first-order valence-corrected chi connectivity index (χ1v) is 6.74. The lowest BCUT2D eigenvalue weighted by Gasteiger charge is -2.22. The molecule has 6 heteroatoms. The first kappa shape index (κ1) is 15.1. The van der Waals surface area contributed by atoms with Crippen LogP contribution >= 0.6 is 0 Å². The van der Waals surface area contributed by atoms with Crippen LogP contribution in [0.15, 0.2) is 35.5 Å². The van der Waals surface area contributed by atoms with Crippen LogP contribution in [0.3, 0.4) is 0 Å². The van der Waals surface area contributed by atoms with Crippen LogP contribution in [0, 0.1) is 34.0 Å². The Morgan fingerprint density at radius 2 is 2.00 bits per heavy atom. The highest BCUT2D eigenvalue weighted by Gasteiger charge is 2.28. The van der Waals surface area contributed by atoms with Crippen molar-refractivity contribution in [2.75, 3.05) is 10.2 Å². The number of nitrogens with zero attached hydrogens (tertiary/aromatic N) is 4. The lowest BCUT2D eigenvalue weighted by atomic mass is 10.2. The summed E-state index contributed by atoms with van der Waals surface area (Å²) in [6.45, 7) is 1.98. The standard InChI is InChI=1S/C16H13N5O/c1-11-5-6-16(22)21(11)14-4-2-3-13(7-14)20-15(10-19)12(8-17)9-18/h2-4,7,11,20H,5-6H2,1H3. The second-order valence-electron chi connectivity index (χ2n) is 4.91. The van der Waals surface area contributed by atoms with Crippen LogP contribution in [0.4, 0.5) is 11.4 Å². The largest absolute Gasteiger partial charge is 0.345 e. The summed E-state index contributed by atoms with van der Waals surface area (Å²) in [6, 6.07) is 12.3. The molecule has 1 saturated heterocycles. The van der Waals surface area contributed by atoms with Crippen molar-refractivity contribution in [2.24, 2.45) is 0 Å². The first-order valence-electron chi connectivity index (χ1n) is 6.74. The second-order valence-corrected chi connectivity index (χ2v) is 4.91. The van der Waals surface area contributed by atoms with Gasteiger partial charge < -0.3 is 10.2 Å². The van der Waals surface area contributed by atoms with Gasteiger partial charge in [-0.2, -0.15) is 15.8 Å². The maximum Gasteiger partial charge on any atom is 0.227 e. The number of amides is 1. The zero-order valence-corrected chi connectivity index (χ0v) is 12.0. The van der Waals surface area contributed by atoms with Crippen molar-refractivity contribution in [1.82, 2.24) is 0 Å². The molecule has 108 valence electrons. The van der Waals surface area contributed by atoms with Crippen LogP contribution in [-0.2, 0) is 4.79 Å². The van der Waals surface area contributed by atoms with Crippen LogP contribution in [0.5, 0.6) is 0 Å². The third kappa shape index (κ3) is 2.90. The fourth-order valence-electron chi connectivity index (χ4n) is 2.39. The highest BCUT2D eigenvalue weighted by Crippen LogP contribution is 2.28. The number of allylic oxidation sites excluding steroid dienone is 2. The van der Waals surface area contributed by atoms with Gasteiger partial charge in [0.1, 0.15) is 23.9 Å². The number of nitrogens with one attached hydrogen (secondary N) is 1. The quantitative estimate of drug-likeness (QED) is 0.861. The van der Waals surface area contributed by atoms with Gasteiger partial charge in [-0.1, -0.05) is 6.07 Å². The second kappa shape index (κ2) is 6.43. The number of hydrogen-bond donors (Lipinski definition) is 1. The van der Waals surface area contributed by atoms with Crippen molar-refractivity contribution < 1.29 is 4.79 Å². The minimum absolute atomic E-state index is 0.0652. The molecule has 0 saturated carbocycles. The van der Waals surface area contributed by atoms with E-state index in [0.29, 0.717) is 12.1 Å².